The summed E-state index contributed by atoms with van der Waals surface area (Å²) in [4.78, 5) is 0. The van der Waals surface area contributed by atoms with Crippen LogP contribution in [-0.4, -0.2) is 16.9 Å². The first kappa shape index (κ1) is 16.0. The van der Waals surface area contributed by atoms with Crippen LogP contribution in [0.4, 0.5) is 5.69 Å². The molecule has 1 heterocycles. The van der Waals surface area contributed by atoms with Crippen LogP contribution in [0.1, 0.15) is 30.8 Å². The predicted octanol–water partition coefficient (Wildman–Crippen LogP) is 3.99. The number of benzene rings is 1. The number of nitrogens with zero attached hydrogens (tertiary/aromatic N) is 2. The maximum atomic E-state index is 5.17. The number of methoxy groups -OCH3 is 1. The summed E-state index contributed by atoms with van der Waals surface area (Å²) in [6, 6.07) is 8.29. The average Bonchev–Trinajstić information content (AvgIpc) is 2.81. The third kappa shape index (κ3) is 3.86. The molecule has 0 bridgehead atoms. The van der Waals surface area contributed by atoms with E-state index in [9.17, 15) is 0 Å². The summed E-state index contributed by atoms with van der Waals surface area (Å²) in [6.45, 7) is 6.49. The van der Waals surface area contributed by atoms with Crippen molar-refractivity contribution in [2.24, 2.45) is 0 Å². The lowest BCUT2D eigenvalue weighted by Crippen LogP contribution is -2.08. The van der Waals surface area contributed by atoms with Gasteiger partial charge in [0.1, 0.15) is 0 Å². The number of halogens is 1. The highest BCUT2D eigenvalue weighted by Crippen LogP contribution is 2.23. The molecule has 21 heavy (non-hydrogen) atoms. The SMILES string of the molecule is CCc1nn(CC)c(CNc2cccc(COC)c2)c1Br. The van der Waals surface area contributed by atoms with Gasteiger partial charge in [-0.25, -0.2) is 0 Å². The summed E-state index contributed by atoms with van der Waals surface area (Å²) in [7, 11) is 1.71. The van der Waals surface area contributed by atoms with E-state index in [1.807, 2.05) is 6.07 Å². The first-order valence-corrected chi connectivity index (χ1v) is 8.04. The van der Waals surface area contributed by atoms with E-state index in [4.69, 9.17) is 4.74 Å². The van der Waals surface area contributed by atoms with Crippen molar-refractivity contribution in [2.75, 3.05) is 12.4 Å². The number of aryl methyl sites for hydroxylation is 2. The minimum atomic E-state index is 0.631. The Labute approximate surface area is 134 Å². The molecule has 0 aliphatic rings. The summed E-state index contributed by atoms with van der Waals surface area (Å²) in [5.74, 6) is 0. The monoisotopic (exact) mass is 351 g/mol. The smallest absolute Gasteiger partial charge is 0.0767 e. The summed E-state index contributed by atoms with van der Waals surface area (Å²) < 4.78 is 8.34. The van der Waals surface area contributed by atoms with Crippen LogP contribution in [0.2, 0.25) is 0 Å². The number of hydrogen-bond donors (Lipinski definition) is 1. The molecule has 1 N–H and O–H groups in total. The molecule has 0 atom stereocenters. The fourth-order valence-electron chi connectivity index (χ4n) is 2.31. The van der Waals surface area contributed by atoms with Crippen LogP contribution in [0.5, 0.6) is 0 Å². The average molecular weight is 352 g/mol. The van der Waals surface area contributed by atoms with Crippen LogP contribution in [0.25, 0.3) is 0 Å². The van der Waals surface area contributed by atoms with Gasteiger partial charge in [0.05, 0.1) is 29.0 Å². The van der Waals surface area contributed by atoms with Gasteiger partial charge in [0.25, 0.3) is 0 Å². The summed E-state index contributed by atoms with van der Waals surface area (Å²) in [6.07, 6.45) is 0.934. The highest BCUT2D eigenvalue weighted by atomic mass is 79.9. The number of hydrogen-bond acceptors (Lipinski definition) is 3. The van der Waals surface area contributed by atoms with E-state index in [1.54, 1.807) is 7.11 Å². The molecule has 0 saturated carbocycles. The van der Waals surface area contributed by atoms with E-state index < -0.39 is 0 Å². The molecule has 0 amide bonds. The fourth-order valence-corrected chi connectivity index (χ4v) is 3.01. The van der Waals surface area contributed by atoms with E-state index in [1.165, 1.54) is 11.3 Å². The molecular formula is C16H22BrN3O. The lowest BCUT2D eigenvalue weighted by atomic mass is 10.2. The van der Waals surface area contributed by atoms with E-state index in [0.29, 0.717) is 6.61 Å². The molecule has 0 radical (unpaired) electrons. The highest BCUT2D eigenvalue weighted by molar-refractivity contribution is 9.10. The van der Waals surface area contributed by atoms with E-state index >= 15 is 0 Å². The summed E-state index contributed by atoms with van der Waals surface area (Å²) in [5.41, 5.74) is 4.56. The van der Waals surface area contributed by atoms with Crippen molar-refractivity contribution in [3.05, 3.63) is 45.7 Å². The standard InChI is InChI=1S/C16H22BrN3O/c1-4-14-16(17)15(20(5-2)19-14)10-18-13-8-6-7-12(9-13)11-21-3/h6-9,18H,4-5,10-11H2,1-3H3. The fraction of sp³-hybridized carbons (Fsp3) is 0.438. The maximum Gasteiger partial charge on any atom is 0.0767 e. The zero-order valence-electron chi connectivity index (χ0n) is 12.8. The van der Waals surface area contributed by atoms with Gasteiger partial charge >= 0.3 is 0 Å². The van der Waals surface area contributed by atoms with Crippen molar-refractivity contribution in [3.8, 4) is 0 Å². The normalized spacial score (nSPS) is 10.9. The van der Waals surface area contributed by atoms with Crippen LogP contribution < -0.4 is 5.32 Å². The maximum absolute atomic E-state index is 5.17. The van der Waals surface area contributed by atoms with Gasteiger partial charge < -0.3 is 10.1 Å². The van der Waals surface area contributed by atoms with Crippen LogP contribution in [0, 0.1) is 0 Å². The first-order chi connectivity index (χ1) is 10.2. The van der Waals surface area contributed by atoms with Crippen molar-refractivity contribution < 1.29 is 4.74 Å². The molecule has 0 fully saturated rings. The van der Waals surface area contributed by atoms with Gasteiger partial charge in [-0.2, -0.15) is 5.10 Å². The molecule has 0 unspecified atom stereocenters. The topological polar surface area (TPSA) is 39.1 Å². The van der Waals surface area contributed by atoms with Crippen molar-refractivity contribution in [3.63, 3.8) is 0 Å². The molecule has 0 saturated heterocycles. The van der Waals surface area contributed by atoms with Crippen molar-refractivity contribution in [1.82, 2.24) is 9.78 Å². The van der Waals surface area contributed by atoms with Gasteiger partial charge in [0.2, 0.25) is 0 Å². The van der Waals surface area contributed by atoms with E-state index in [0.717, 1.165) is 35.4 Å². The number of ether oxygens (including phenoxy) is 1. The zero-order chi connectivity index (χ0) is 15.2. The lowest BCUT2D eigenvalue weighted by molar-refractivity contribution is 0.185. The molecular weight excluding hydrogens is 330 g/mol. The van der Waals surface area contributed by atoms with Gasteiger partial charge in [-0.05, 0) is 47.0 Å². The Kier molecular flexibility index (Phi) is 5.82. The minimum Gasteiger partial charge on any atom is -0.380 e. The Hall–Kier alpha value is -1.33. The lowest BCUT2D eigenvalue weighted by Gasteiger charge is -2.10. The Morgan fingerprint density at radius 3 is 2.81 bits per heavy atom. The highest BCUT2D eigenvalue weighted by Gasteiger charge is 2.13. The third-order valence-corrected chi connectivity index (χ3v) is 4.31. The van der Waals surface area contributed by atoms with Crippen LogP contribution >= 0.6 is 15.9 Å². The molecule has 0 spiro atoms. The van der Waals surface area contributed by atoms with Crippen molar-refractivity contribution in [2.45, 2.75) is 40.0 Å². The first-order valence-electron chi connectivity index (χ1n) is 7.25. The Balaban J connectivity index is 2.12. The Morgan fingerprint density at radius 2 is 2.14 bits per heavy atom. The van der Waals surface area contributed by atoms with Gasteiger partial charge in [0.15, 0.2) is 0 Å². The quantitative estimate of drug-likeness (QED) is 0.819. The van der Waals surface area contributed by atoms with Gasteiger partial charge in [-0.15, -0.1) is 0 Å². The number of rotatable bonds is 7. The predicted molar refractivity (Wildman–Crippen MR) is 89.5 cm³/mol. The van der Waals surface area contributed by atoms with Crippen LogP contribution in [0.15, 0.2) is 28.7 Å². The molecule has 2 rings (SSSR count). The molecule has 0 aliphatic heterocycles. The third-order valence-electron chi connectivity index (χ3n) is 3.39. The van der Waals surface area contributed by atoms with Gasteiger partial charge in [-0.1, -0.05) is 19.1 Å². The Bertz CT molecular complexity index is 595. The molecule has 5 heteroatoms. The van der Waals surface area contributed by atoms with Gasteiger partial charge in [-0.3, -0.25) is 4.68 Å². The number of nitrogens with one attached hydrogen (secondary N) is 1. The zero-order valence-corrected chi connectivity index (χ0v) is 14.4. The van der Waals surface area contributed by atoms with Crippen LogP contribution in [0.3, 0.4) is 0 Å². The van der Waals surface area contributed by atoms with Gasteiger partial charge in [0, 0.05) is 19.3 Å². The molecule has 2 aromatic rings. The van der Waals surface area contributed by atoms with Crippen molar-refractivity contribution >= 4 is 21.6 Å². The number of aromatic nitrogens is 2. The minimum absolute atomic E-state index is 0.631. The molecule has 1 aromatic heterocycles. The molecule has 4 nitrogen and oxygen atoms in total. The second-order valence-electron chi connectivity index (χ2n) is 4.86. The summed E-state index contributed by atoms with van der Waals surface area (Å²) >= 11 is 3.67. The second-order valence-corrected chi connectivity index (χ2v) is 5.66. The molecule has 0 aliphatic carbocycles. The second kappa shape index (κ2) is 7.61. The van der Waals surface area contributed by atoms with Crippen LogP contribution in [-0.2, 0) is 30.9 Å². The Morgan fingerprint density at radius 1 is 1.33 bits per heavy atom. The number of anilines is 1. The largest absolute Gasteiger partial charge is 0.380 e. The molecule has 114 valence electrons. The molecule has 1 aromatic carbocycles. The summed E-state index contributed by atoms with van der Waals surface area (Å²) in [5, 5.41) is 8.08. The van der Waals surface area contributed by atoms with Crippen molar-refractivity contribution in [1.29, 1.82) is 0 Å². The van der Waals surface area contributed by atoms with E-state index in [2.05, 4.69) is 63.1 Å². The van der Waals surface area contributed by atoms with E-state index in [-0.39, 0.29) is 0 Å².